The number of halogens is 2. The molecule has 25 heavy (non-hydrogen) atoms. The lowest BCUT2D eigenvalue weighted by Gasteiger charge is -2.20. The number of carbonyl (C=O) groups is 1. The molecular formula is C20H23F2NO2. The first-order valence-corrected chi connectivity index (χ1v) is 8.10. The summed E-state index contributed by atoms with van der Waals surface area (Å²) in [6.07, 6.45) is 0.401. The number of alkyl halides is 2. The van der Waals surface area contributed by atoms with Crippen LogP contribution in [0.4, 0.5) is 8.78 Å². The van der Waals surface area contributed by atoms with E-state index in [4.69, 9.17) is 5.73 Å². The number of primary amides is 1. The van der Waals surface area contributed by atoms with Crippen LogP contribution in [0.3, 0.4) is 0 Å². The maximum atomic E-state index is 12.4. The van der Waals surface area contributed by atoms with Gasteiger partial charge in [0, 0.05) is 0 Å². The number of hydrogen-bond donors (Lipinski definition) is 1. The fourth-order valence-electron chi connectivity index (χ4n) is 2.67. The molecule has 3 nitrogen and oxygen atoms in total. The van der Waals surface area contributed by atoms with Crippen LogP contribution in [0.15, 0.2) is 48.5 Å². The largest absolute Gasteiger partial charge is 0.435 e. The topological polar surface area (TPSA) is 52.3 Å². The van der Waals surface area contributed by atoms with Crippen molar-refractivity contribution >= 4 is 5.91 Å². The molecule has 0 radical (unpaired) electrons. The van der Waals surface area contributed by atoms with Gasteiger partial charge in [0.05, 0.1) is 5.92 Å². The first kappa shape index (κ1) is 18.9. The van der Waals surface area contributed by atoms with E-state index in [-0.39, 0.29) is 11.2 Å². The van der Waals surface area contributed by atoms with Crippen molar-refractivity contribution < 1.29 is 18.3 Å². The number of rotatable bonds is 6. The summed E-state index contributed by atoms with van der Waals surface area (Å²) in [4.78, 5) is 11.9. The molecule has 2 aromatic rings. The van der Waals surface area contributed by atoms with Crippen LogP contribution in [0.25, 0.3) is 0 Å². The molecule has 2 aromatic carbocycles. The van der Waals surface area contributed by atoms with Gasteiger partial charge in [0.15, 0.2) is 0 Å². The van der Waals surface area contributed by atoms with E-state index in [1.807, 2.05) is 24.3 Å². The monoisotopic (exact) mass is 347 g/mol. The second-order valence-electron chi connectivity index (χ2n) is 7.06. The lowest BCUT2D eigenvalue weighted by atomic mass is 9.85. The highest BCUT2D eigenvalue weighted by Gasteiger charge is 2.20. The molecule has 0 heterocycles. The quantitative estimate of drug-likeness (QED) is 0.842. The highest BCUT2D eigenvalue weighted by molar-refractivity contribution is 5.82. The van der Waals surface area contributed by atoms with Crippen molar-refractivity contribution in [3.8, 4) is 5.75 Å². The predicted molar refractivity (Wildman–Crippen MR) is 93.9 cm³/mol. The second kappa shape index (κ2) is 7.64. The van der Waals surface area contributed by atoms with Gasteiger partial charge in [-0.25, -0.2) is 0 Å². The standard InChI is InChI=1S/C20H23F2NO2/c1-20(2,3)15-9-7-13(8-10-15)11-17(18(23)24)14-5-4-6-16(12-14)25-19(21)22/h4-10,12,17,19H,11H2,1-3H3,(H2,23,24). The van der Waals surface area contributed by atoms with Crippen LogP contribution in [0.1, 0.15) is 43.4 Å². The van der Waals surface area contributed by atoms with E-state index in [1.165, 1.54) is 17.7 Å². The molecule has 0 spiro atoms. The van der Waals surface area contributed by atoms with Gasteiger partial charge < -0.3 is 10.5 Å². The number of benzene rings is 2. The Balaban J connectivity index is 2.23. The molecule has 1 atom stereocenters. The van der Waals surface area contributed by atoms with Gasteiger partial charge in [-0.1, -0.05) is 57.2 Å². The Morgan fingerprint density at radius 1 is 1.12 bits per heavy atom. The molecule has 2 N–H and O–H groups in total. The van der Waals surface area contributed by atoms with Crippen molar-refractivity contribution in [2.75, 3.05) is 0 Å². The van der Waals surface area contributed by atoms with Crippen LogP contribution in [0, 0.1) is 0 Å². The first-order chi connectivity index (χ1) is 11.7. The maximum absolute atomic E-state index is 12.4. The molecule has 1 amide bonds. The van der Waals surface area contributed by atoms with Gasteiger partial charge >= 0.3 is 6.61 Å². The van der Waals surface area contributed by atoms with Gasteiger partial charge in [-0.05, 0) is 40.7 Å². The fourth-order valence-corrected chi connectivity index (χ4v) is 2.67. The van der Waals surface area contributed by atoms with Crippen LogP contribution in [0.5, 0.6) is 5.75 Å². The number of nitrogens with two attached hydrogens (primary N) is 1. The Morgan fingerprint density at radius 2 is 1.76 bits per heavy atom. The molecule has 0 bridgehead atoms. The molecule has 0 saturated heterocycles. The van der Waals surface area contributed by atoms with Crippen LogP contribution < -0.4 is 10.5 Å². The zero-order valence-electron chi connectivity index (χ0n) is 14.6. The highest BCUT2D eigenvalue weighted by Crippen LogP contribution is 2.27. The van der Waals surface area contributed by atoms with E-state index in [2.05, 4.69) is 25.5 Å². The minimum atomic E-state index is -2.91. The third-order valence-electron chi connectivity index (χ3n) is 4.09. The Hall–Kier alpha value is -2.43. The van der Waals surface area contributed by atoms with Crippen molar-refractivity contribution in [1.29, 1.82) is 0 Å². The van der Waals surface area contributed by atoms with Crippen LogP contribution in [-0.4, -0.2) is 12.5 Å². The molecule has 0 saturated carbocycles. The maximum Gasteiger partial charge on any atom is 0.387 e. The van der Waals surface area contributed by atoms with E-state index < -0.39 is 18.4 Å². The van der Waals surface area contributed by atoms with Gasteiger partial charge in [-0.3, -0.25) is 4.79 Å². The summed E-state index contributed by atoms with van der Waals surface area (Å²) in [7, 11) is 0. The average molecular weight is 347 g/mol. The normalized spacial score (nSPS) is 12.9. The van der Waals surface area contributed by atoms with Crippen molar-refractivity contribution in [2.45, 2.75) is 45.1 Å². The fraction of sp³-hybridized carbons (Fsp3) is 0.350. The van der Waals surface area contributed by atoms with Crippen LogP contribution in [-0.2, 0) is 16.6 Å². The van der Waals surface area contributed by atoms with Gasteiger partial charge in [0.2, 0.25) is 5.91 Å². The number of hydrogen-bond acceptors (Lipinski definition) is 2. The molecule has 0 fully saturated rings. The summed E-state index contributed by atoms with van der Waals surface area (Å²) in [6.45, 7) is 3.47. The van der Waals surface area contributed by atoms with Gasteiger partial charge in [0.1, 0.15) is 5.75 Å². The summed E-state index contributed by atoms with van der Waals surface area (Å²) in [6, 6.07) is 14.1. The predicted octanol–water partition coefficient (Wildman–Crippen LogP) is 4.40. The number of ether oxygens (including phenoxy) is 1. The molecule has 134 valence electrons. The van der Waals surface area contributed by atoms with Crippen LogP contribution >= 0.6 is 0 Å². The zero-order valence-corrected chi connectivity index (χ0v) is 14.6. The lowest BCUT2D eigenvalue weighted by Crippen LogP contribution is -2.23. The summed E-state index contributed by atoms with van der Waals surface area (Å²) < 4.78 is 29.2. The van der Waals surface area contributed by atoms with Crippen molar-refractivity contribution in [2.24, 2.45) is 5.73 Å². The van der Waals surface area contributed by atoms with E-state index in [0.717, 1.165) is 5.56 Å². The molecule has 0 aliphatic carbocycles. The molecule has 0 aliphatic heterocycles. The van der Waals surface area contributed by atoms with Gasteiger partial charge in [0.25, 0.3) is 0 Å². The smallest absolute Gasteiger partial charge is 0.387 e. The van der Waals surface area contributed by atoms with Crippen molar-refractivity contribution in [3.05, 3.63) is 65.2 Å². The van der Waals surface area contributed by atoms with Crippen LogP contribution in [0.2, 0.25) is 0 Å². The molecular weight excluding hydrogens is 324 g/mol. The molecule has 0 aliphatic rings. The Kier molecular flexibility index (Phi) is 5.77. The Morgan fingerprint density at radius 3 is 2.28 bits per heavy atom. The number of amides is 1. The van der Waals surface area contributed by atoms with Crippen molar-refractivity contribution in [3.63, 3.8) is 0 Å². The Bertz CT molecular complexity index is 721. The lowest BCUT2D eigenvalue weighted by molar-refractivity contribution is -0.119. The minimum Gasteiger partial charge on any atom is -0.435 e. The van der Waals surface area contributed by atoms with E-state index in [9.17, 15) is 13.6 Å². The summed E-state index contributed by atoms with van der Waals surface area (Å²) >= 11 is 0. The third kappa shape index (κ3) is 5.28. The Labute approximate surface area is 146 Å². The van der Waals surface area contributed by atoms with Crippen molar-refractivity contribution in [1.82, 2.24) is 0 Å². The van der Waals surface area contributed by atoms with E-state index in [1.54, 1.807) is 12.1 Å². The SMILES string of the molecule is CC(C)(C)c1ccc(CC(C(N)=O)c2cccc(OC(F)F)c2)cc1. The summed E-state index contributed by atoms with van der Waals surface area (Å²) in [5.74, 6) is -1.10. The van der Waals surface area contributed by atoms with Gasteiger partial charge in [-0.15, -0.1) is 0 Å². The van der Waals surface area contributed by atoms with E-state index in [0.29, 0.717) is 12.0 Å². The molecule has 1 unspecified atom stereocenters. The minimum absolute atomic E-state index is 0.0156. The van der Waals surface area contributed by atoms with Gasteiger partial charge in [-0.2, -0.15) is 8.78 Å². The second-order valence-corrected chi connectivity index (χ2v) is 7.06. The zero-order chi connectivity index (χ0) is 18.6. The average Bonchev–Trinajstić information content (AvgIpc) is 2.51. The molecule has 0 aromatic heterocycles. The summed E-state index contributed by atoms with van der Waals surface area (Å²) in [5.41, 5.74) is 8.29. The summed E-state index contributed by atoms with van der Waals surface area (Å²) in [5, 5.41) is 0. The molecule has 2 rings (SSSR count). The third-order valence-corrected chi connectivity index (χ3v) is 4.09. The highest BCUT2D eigenvalue weighted by atomic mass is 19.3. The van der Waals surface area contributed by atoms with E-state index >= 15 is 0 Å². The molecule has 5 heteroatoms. The number of carbonyl (C=O) groups excluding carboxylic acids is 1. The first-order valence-electron chi connectivity index (χ1n) is 8.10.